The Balaban J connectivity index is -0.000000218. The van der Waals surface area contributed by atoms with E-state index in [0.717, 1.165) is 18.2 Å². The number of nitrogens with zero attached hydrogens (tertiary/aromatic N) is 3. The molecule has 0 aliphatic heterocycles. The smallest absolute Gasteiger partial charge is 0.190 e. The molecule has 13 heteroatoms. The number of carbonyl (C=O) groups is 3. The average molecular weight is 575 g/mol. The standard InChI is InChI=1S/3C8H15NO3.Fe/c3*1-7(11)6-8(12)9(2)4-3-5-10;/h3*6,10,12H,3-5H2,1-2H3;. The Kier molecular flexibility index (Phi) is 29.8. The summed E-state index contributed by atoms with van der Waals surface area (Å²) < 4.78 is 0. The minimum absolute atomic E-state index is 0. The van der Waals surface area contributed by atoms with E-state index in [9.17, 15) is 29.7 Å². The number of allylic oxidation sites excluding steroid dienone is 3. The molecule has 0 aromatic heterocycles. The van der Waals surface area contributed by atoms with Crippen LogP contribution in [-0.2, 0) is 31.5 Å². The first kappa shape index (κ1) is 41.6. The molecular formula is C24H45FeN3O9. The Morgan fingerprint density at radius 1 is 0.541 bits per heavy atom. The summed E-state index contributed by atoms with van der Waals surface area (Å²) in [6.45, 7) is 5.96. The molecule has 0 rings (SSSR count). The summed E-state index contributed by atoms with van der Waals surface area (Å²) in [6.07, 6.45) is 5.18. The third-order valence-corrected chi connectivity index (χ3v) is 4.13. The summed E-state index contributed by atoms with van der Waals surface area (Å²) in [7, 11) is 4.97. The summed E-state index contributed by atoms with van der Waals surface area (Å²) in [5.74, 6) is -0.752. The average Bonchev–Trinajstić information content (AvgIpc) is 2.78. The summed E-state index contributed by atoms with van der Waals surface area (Å²) in [5.41, 5.74) is 0. The van der Waals surface area contributed by atoms with E-state index in [0.29, 0.717) is 38.9 Å². The van der Waals surface area contributed by atoms with Crippen LogP contribution in [0.25, 0.3) is 0 Å². The van der Waals surface area contributed by atoms with Gasteiger partial charge in [-0.05, 0) is 40.0 Å². The Labute approximate surface area is 230 Å². The molecule has 0 radical (unpaired) electrons. The first-order valence-electron chi connectivity index (χ1n) is 11.4. The molecular weight excluding hydrogens is 530 g/mol. The van der Waals surface area contributed by atoms with Crippen molar-refractivity contribution in [3.05, 3.63) is 35.9 Å². The van der Waals surface area contributed by atoms with Crippen LogP contribution in [0, 0.1) is 0 Å². The first-order valence-corrected chi connectivity index (χ1v) is 11.4. The molecule has 0 amide bonds. The molecule has 0 fully saturated rings. The normalized spacial score (nSPS) is 11.1. The maximum Gasteiger partial charge on any atom is 0.190 e. The molecule has 0 heterocycles. The molecule has 12 nitrogen and oxygen atoms in total. The zero-order valence-corrected chi connectivity index (χ0v) is 23.8. The van der Waals surface area contributed by atoms with E-state index in [4.69, 9.17) is 15.3 Å². The van der Waals surface area contributed by atoms with Gasteiger partial charge in [0, 0.05) is 95.9 Å². The molecule has 0 spiro atoms. The summed E-state index contributed by atoms with van der Waals surface area (Å²) in [6, 6.07) is 0. The summed E-state index contributed by atoms with van der Waals surface area (Å²) in [5, 5.41) is 53.1. The van der Waals surface area contributed by atoms with Gasteiger partial charge in [-0.3, -0.25) is 14.4 Å². The van der Waals surface area contributed by atoms with E-state index in [2.05, 4.69) is 0 Å². The van der Waals surface area contributed by atoms with Crippen LogP contribution in [0.4, 0.5) is 0 Å². The molecule has 0 aromatic carbocycles. The van der Waals surface area contributed by atoms with Gasteiger partial charge in [0.1, 0.15) is 0 Å². The molecule has 0 bridgehead atoms. The maximum atomic E-state index is 10.5. The fourth-order valence-electron chi connectivity index (χ4n) is 2.14. The summed E-state index contributed by atoms with van der Waals surface area (Å²) >= 11 is 0. The number of carbonyl (C=O) groups excluding carboxylic acids is 3. The zero-order valence-electron chi connectivity index (χ0n) is 22.7. The van der Waals surface area contributed by atoms with Crippen molar-refractivity contribution in [2.75, 3.05) is 60.6 Å². The van der Waals surface area contributed by atoms with Gasteiger partial charge in [0.2, 0.25) is 0 Å². The predicted octanol–water partition coefficient (Wildman–Crippen LogP) is 0.865. The minimum atomic E-state index is -0.191. The third-order valence-electron chi connectivity index (χ3n) is 4.13. The fourth-order valence-corrected chi connectivity index (χ4v) is 2.14. The van der Waals surface area contributed by atoms with Gasteiger partial charge in [-0.15, -0.1) is 0 Å². The van der Waals surface area contributed by atoms with Crippen LogP contribution in [-0.4, -0.2) is 123 Å². The van der Waals surface area contributed by atoms with Crippen LogP contribution in [0.5, 0.6) is 0 Å². The van der Waals surface area contributed by atoms with Crippen molar-refractivity contribution >= 4 is 17.3 Å². The molecule has 218 valence electrons. The van der Waals surface area contributed by atoms with E-state index in [-0.39, 0.29) is 71.9 Å². The Morgan fingerprint density at radius 3 is 0.865 bits per heavy atom. The van der Waals surface area contributed by atoms with Crippen molar-refractivity contribution < 1.29 is 62.1 Å². The van der Waals surface area contributed by atoms with E-state index in [1.54, 1.807) is 21.1 Å². The van der Waals surface area contributed by atoms with Crippen molar-refractivity contribution in [1.82, 2.24) is 14.7 Å². The van der Waals surface area contributed by atoms with E-state index >= 15 is 0 Å². The molecule has 0 aliphatic carbocycles. The van der Waals surface area contributed by atoms with Gasteiger partial charge in [0.15, 0.2) is 35.0 Å². The second-order valence-corrected chi connectivity index (χ2v) is 7.84. The monoisotopic (exact) mass is 575 g/mol. The quantitative estimate of drug-likeness (QED) is 0.0922. The van der Waals surface area contributed by atoms with Gasteiger partial charge >= 0.3 is 0 Å². The molecule has 0 unspecified atom stereocenters. The number of aliphatic hydroxyl groups excluding tert-OH is 6. The molecule has 0 aromatic rings. The molecule has 0 saturated carbocycles. The van der Waals surface area contributed by atoms with Crippen LogP contribution < -0.4 is 0 Å². The maximum absolute atomic E-state index is 10.5. The van der Waals surface area contributed by atoms with Crippen LogP contribution >= 0.6 is 0 Å². The second kappa shape index (κ2) is 26.5. The molecule has 0 atom stereocenters. The van der Waals surface area contributed by atoms with E-state index < -0.39 is 0 Å². The SMILES string of the molecule is CC(=O)C=C(O)N(C)CCCO.CC(=O)C=C(O)N(C)CCCO.CC(=O)C=C(O)N(C)CCCO.[Fe]. The number of ketones is 3. The van der Waals surface area contributed by atoms with E-state index in [1.807, 2.05) is 0 Å². The van der Waals surface area contributed by atoms with Crippen LogP contribution in [0.15, 0.2) is 35.9 Å². The number of hydrogen-bond acceptors (Lipinski definition) is 12. The van der Waals surface area contributed by atoms with Crippen LogP contribution in [0.1, 0.15) is 40.0 Å². The van der Waals surface area contributed by atoms with Crippen LogP contribution in [0.2, 0.25) is 0 Å². The number of rotatable bonds is 15. The number of aliphatic hydroxyl groups is 6. The van der Waals surface area contributed by atoms with Crippen molar-refractivity contribution in [3.63, 3.8) is 0 Å². The van der Waals surface area contributed by atoms with Crippen molar-refractivity contribution in [1.29, 1.82) is 0 Å². The first-order chi connectivity index (χ1) is 16.7. The zero-order chi connectivity index (χ0) is 28.7. The van der Waals surface area contributed by atoms with Gasteiger partial charge in [-0.25, -0.2) is 0 Å². The Bertz CT molecular complexity index is 633. The fraction of sp³-hybridized carbons (Fsp3) is 0.625. The van der Waals surface area contributed by atoms with Crippen molar-refractivity contribution in [2.45, 2.75) is 40.0 Å². The molecule has 37 heavy (non-hydrogen) atoms. The van der Waals surface area contributed by atoms with Gasteiger partial charge in [0.25, 0.3) is 0 Å². The summed E-state index contributed by atoms with van der Waals surface area (Å²) in [4.78, 5) is 36.1. The second-order valence-electron chi connectivity index (χ2n) is 7.84. The Hall–Kier alpha value is -2.57. The minimum Gasteiger partial charge on any atom is -0.495 e. The van der Waals surface area contributed by atoms with Crippen molar-refractivity contribution in [3.8, 4) is 0 Å². The third kappa shape index (κ3) is 29.5. The van der Waals surface area contributed by atoms with Gasteiger partial charge in [-0.2, -0.15) is 0 Å². The molecule has 0 saturated heterocycles. The topological polar surface area (TPSA) is 182 Å². The predicted molar refractivity (Wildman–Crippen MR) is 137 cm³/mol. The Morgan fingerprint density at radius 2 is 0.730 bits per heavy atom. The van der Waals surface area contributed by atoms with E-state index in [1.165, 1.54) is 35.5 Å². The van der Waals surface area contributed by atoms with Crippen LogP contribution in [0.3, 0.4) is 0 Å². The van der Waals surface area contributed by atoms with Crippen molar-refractivity contribution in [2.24, 2.45) is 0 Å². The molecule has 0 aliphatic rings. The van der Waals surface area contributed by atoms with Gasteiger partial charge in [0.05, 0.1) is 0 Å². The molecule has 6 N–H and O–H groups in total. The number of hydrogen-bond donors (Lipinski definition) is 6. The largest absolute Gasteiger partial charge is 0.495 e. The van der Waals surface area contributed by atoms with Gasteiger partial charge in [-0.1, -0.05) is 0 Å². The van der Waals surface area contributed by atoms with Gasteiger partial charge < -0.3 is 45.3 Å².